The van der Waals surface area contributed by atoms with Gasteiger partial charge in [-0.25, -0.2) is 4.68 Å². The number of aromatic nitrogens is 3. The molecule has 1 N–H and O–H groups in total. The molecule has 0 radical (unpaired) electrons. The van der Waals surface area contributed by atoms with Crippen molar-refractivity contribution in [1.29, 1.82) is 0 Å². The van der Waals surface area contributed by atoms with Crippen molar-refractivity contribution >= 4 is 11.8 Å². The van der Waals surface area contributed by atoms with Gasteiger partial charge >= 0.3 is 0 Å². The number of hydrogen-bond donors (Lipinski definition) is 1. The first-order valence-electron chi connectivity index (χ1n) is 9.28. The van der Waals surface area contributed by atoms with Crippen LogP contribution in [-0.4, -0.2) is 51.4 Å². The summed E-state index contributed by atoms with van der Waals surface area (Å²) in [6.45, 7) is 1.63. The van der Waals surface area contributed by atoms with Gasteiger partial charge in [0.15, 0.2) is 0 Å². The fourth-order valence-corrected chi connectivity index (χ4v) is 3.26. The molecule has 2 amide bonds. The minimum Gasteiger partial charge on any atom is -0.497 e. The number of aryl methyl sites for hydroxylation is 1. The van der Waals surface area contributed by atoms with Gasteiger partial charge < -0.3 is 15.0 Å². The summed E-state index contributed by atoms with van der Waals surface area (Å²) < 4.78 is 7.05. The van der Waals surface area contributed by atoms with E-state index in [2.05, 4.69) is 15.6 Å². The van der Waals surface area contributed by atoms with Crippen LogP contribution < -0.4 is 10.1 Å². The second kappa shape index (κ2) is 7.38. The zero-order valence-electron chi connectivity index (χ0n) is 15.4. The molecule has 1 aromatic carbocycles. The van der Waals surface area contributed by atoms with Gasteiger partial charge in [0, 0.05) is 31.0 Å². The Hall–Kier alpha value is -2.90. The molecule has 4 rings (SSSR count). The van der Waals surface area contributed by atoms with Crippen molar-refractivity contribution in [3.05, 3.63) is 41.2 Å². The van der Waals surface area contributed by atoms with E-state index in [4.69, 9.17) is 4.74 Å². The molecule has 1 aliphatic heterocycles. The normalized spacial score (nSPS) is 16.0. The highest BCUT2D eigenvalue weighted by molar-refractivity contribution is 5.94. The Kier molecular flexibility index (Phi) is 4.79. The van der Waals surface area contributed by atoms with Crippen molar-refractivity contribution < 1.29 is 14.3 Å². The summed E-state index contributed by atoms with van der Waals surface area (Å²) in [6, 6.07) is 7.53. The summed E-state index contributed by atoms with van der Waals surface area (Å²) in [6.07, 6.45) is 3.09. The highest BCUT2D eigenvalue weighted by atomic mass is 16.5. The Bertz CT molecular complexity index is 859. The molecule has 142 valence electrons. The van der Waals surface area contributed by atoms with E-state index in [0.29, 0.717) is 49.8 Å². The van der Waals surface area contributed by atoms with Gasteiger partial charge in [-0.1, -0.05) is 11.3 Å². The summed E-state index contributed by atoms with van der Waals surface area (Å²) >= 11 is 0. The van der Waals surface area contributed by atoms with Gasteiger partial charge in [-0.15, -0.1) is 5.10 Å². The van der Waals surface area contributed by atoms with E-state index in [0.717, 1.165) is 24.2 Å². The van der Waals surface area contributed by atoms with Gasteiger partial charge in [0.25, 0.3) is 5.91 Å². The summed E-state index contributed by atoms with van der Waals surface area (Å²) in [5, 5.41) is 11.4. The standard InChI is InChI=1S/C19H23N5O3/c1-27-15-4-2-3-13(11-15)19(26)23-9-10-24-17(12-23)16(21-22-24)7-8-18(25)20-14-5-6-14/h2-4,11,14H,5-10,12H2,1H3,(H,20,25). The van der Waals surface area contributed by atoms with E-state index >= 15 is 0 Å². The van der Waals surface area contributed by atoms with E-state index in [9.17, 15) is 9.59 Å². The summed E-state index contributed by atoms with van der Waals surface area (Å²) in [4.78, 5) is 26.6. The third kappa shape index (κ3) is 3.94. The van der Waals surface area contributed by atoms with Gasteiger partial charge in [0.1, 0.15) is 5.75 Å². The Balaban J connectivity index is 1.43. The number of carbonyl (C=O) groups is 2. The number of ether oxygens (including phenoxy) is 1. The van der Waals surface area contributed by atoms with Crippen LogP contribution in [0.4, 0.5) is 0 Å². The quantitative estimate of drug-likeness (QED) is 0.825. The maximum absolute atomic E-state index is 12.9. The van der Waals surface area contributed by atoms with Crippen molar-refractivity contribution in [2.24, 2.45) is 0 Å². The third-order valence-corrected chi connectivity index (χ3v) is 4.98. The molecule has 2 heterocycles. The Morgan fingerprint density at radius 3 is 2.93 bits per heavy atom. The van der Waals surface area contributed by atoms with Crippen LogP contribution in [0.25, 0.3) is 0 Å². The first-order chi connectivity index (χ1) is 13.1. The lowest BCUT2D eigenvalue weighted by atomic mass is 10.1. The lowest BCUT2D eigenvalue weighted by Crippen LogP contribution is -2.38. The van der Waals surface area contributed by atoms with E-state index in [1.54, 1.807) is 24.1 Å². The number of nitrogens with one attached hydrogen (secondary N) is 1. The van der Waals surface area contributed by atoms with Crippen LogP contribution >= 0.6 is 0 Å². The zero-order valence-corrected chi connectivity index (χ0v) is 15.4. The molecule has 8 heteroatoms. The average Bonchev–Trinajstić information content (AvgIpc) is 3.42. The minimum absolute atomic E-state index is 0.0428. The molecule has 2 aliphatic rings. The number of amides is 2. The first-order valence-corrected chi connectivity index (χ1v) is 9.28. The lowest BCUT2D eigenvalue weighted by molar-refractivity contribution is -0.121. The lowest BCUT2D eigenvalue weighted by Gasteiger charge is -2.28. The van der Waals surface area contributed by atoms with Crippen molar-refractivity contribution in [1.82, 2.24) is 25.2 Å². The molecule has 2 aromatic rings. The summed E-state index contributed by atoms with van der Waals surface area (Å²) in [7, 11) is 1.58. The van der Waals surface area contributed by atoms with Crippen molar-refractivity contribution in [3.8, 4) is 5.75 Å². The van der Waals surface area contributed by atoms with Crippen molar-refractivity contribution in [2.75, 3.05) is 13.7 Å². The molecule has 1 fully saturated rings. The van der Waals surface area contributed by atoms with E-state index in [1.807, 2.05) is 16.8 Å². The number of fused-ring (bicyclic) bond motifs is 1. The Labute approximate surface area is 157 Å². The van der Waals surface area contributed by atoms with Crippen LogP contribution in [0, 0.1) is 0 Å². The molecule has 8 nitrogen and oxygen atoms in total. The number of carbonyl (C=O) groups excluding carboxylic acids is 2. The SMILES string of the molecule is COc1cccc(C(=O)N2CCn3nnc(CCC(=O)NC4CC4)c3C2)c1. The maximum Gasteiger partial charge on any atom is 0.254 e. The summed E-state index contributed by atoms with van der Waals surface area (Å²) in [5.74, 6) is 0.671. The van der Waals surface area contributed by atoms with Crippen LogP contribution in [0.1, 0.15) is 41.0 Å². The second-order valence-corrected chi connectivity index (χ2v) is 7.01. The number of nitrogens with zero attached hydrogens (tertiary/aromatic N) is 4. The highest BCUT2D eigenvalue weighted by Gasteiger charge is 2.27. The van der Waals surface area contributed by atoms with Crippen LogP contribution in [0.2, 0.25) is 0 Å². The summed E-state index contributed by atoms with van der Waals surface area (Å²) in [5.41, 5.74) is 2.31. The van der Waals surface area contributed by atoms with E-state index in [-0.39, 0.29) is 11.8 Å². The van der Waals surface area contributed by atoms with E-state index in [1.165, 1.54) is 0 Å². The number of benzene rings is 1. The zero-order chi connectivity index (χ0) is 18.8. The van der Waals surface area contributed by atoms with Gasteiger partial charge in [-0.05, 0) is 31.0 Å². The molecule has 0 saturated heterocycles. The molecule has 27 heavy (non-hydrogen) atoms. The molecular formula is C19H23N5O3. The molecule has 0 atom stereocenters. The fraction of sp³-hybridized carbons (Fsp3) is 0.474. The van der Waals surface area contributed by atoms with Gasteiger partial charge in [-0.3, -0.25) is 9.59 Å². The van der Waals surface area contributed by atoms with Crippen LogP contribution in [0.15, 0.2) is 24.3 Å². The molecular weight excluding hydrogens is 346 g/mol. The van der Waals surface area contributed by atoms with Crippen molar-refractivity contribution in [2.45, 2.75) is 44.8 Å². The monoisotopic (exact) mass is 369 g/mol. The number of rotatable bonds is 6. The smallest absolute Gasteiger partial charge is 0.254 e. The Morgan fingerprint density at radius 1 is 1.30 bits per heavy atom. The average molecular weight is 369 g/mol. The molecule has 1 aromatic heterocycles. The predicted molar refractivity (Wildman–Crippen MR) is 97.2 cm³/mol. The highest BCUT2D eigenvalue weighted by Crippen LogP contribution is 2.21. The third-order valence-electron chi connectivity index (χ3n) is 4.98. The number of hydrogen-bond acceptors (Lipinski definition) is 5. The molecule has 0 spiro atoms. The van der Waals surface area contributed by atoms with Crippen LogP contribution in [0.3, 0.4) is 0 Å². The van der Waals surface area contributed by atoms with Crippen LogP contribution in [0.5, 0.6) is 5.75 Å². The molecule has 1 aliphatic carbocycles. The predicted octanol–water partition coefficient (Wildman–Crippen LogP) is 1.15. The largest absolute Gasteiger partial charge is 0.497 e. The maximum atomic E-state index is 12.9. The number of methoxy groups -OCH3 is 1. The topological polar surface area (TPSA) is 89.3 Å². The van der Waals surface area contributed by atoms with Crippen molar-refractivity contribution in [3.63, 3.8) is 0 Å². The minimum atomic E-state index is -0.0428. The van der Waals surface area contributed by atoms with Gasteiger partial charge in [0.05, 0.1) is 31.6 Å². The second-order valence-electron chi connectivity index (χ2n) is 7.01. The van der Waals surface area contributed by atoms with E-state index < -0.39 is 0 Å². The first kappa shape index (κ1) is 17.5. The molecule has 0 unspecified atom stereocenters. The Morgan fingerprint density at radius 2 is 2.15 bits per heavy atom. The molecule has 1 saturated carbocycles. The van der Waals surface area contributed by atoms with Gasteiger partial charge in [-0.2, -0.15) is 0 Å². The van der Waals surface area contributed by atoms with Crippen LogP contribution in [-0.2, 0) is 24.3 Å². The molecule has 0 bridgehead atoms. The van der Waals surface area contributed by atoms with Gasteiger partial charge in [0.2, 0.25) is 5.91 Å². The fourth-order valence-electron chi connectivity index (χ4n) is 3.26.